The van der Waals surface area contributed by atoms with Crippen molar-refractivity contribution in [3.8, 4) is 11.1 Å². The van der Waals surface area contributed by atoms with E-state index in [1.165, 1.54) is 12.3 Å². The first-order valence-electron chi connectivity index (χ1n) is 6.40. The van der Waals surface area contributed by atoms with Crippen LogP contribution in [0.15, 0.2) is 30.6 Å². The van der Waals surface area contributed by atoms with Crippen molar-refractivity contribution in [1.82, 2.24) is 4.98 Å². The zero-order valence-corrected chi connectivity index (χ0v) is 10.8. The molecule has 1 atom stereocenters. The molecule has 0 saturated heterocycles. The molecule has 3 rings (SSSR count). The van der Waals surface area contributed by atoms with E-state index < -0.39 is 23.7 Å². The molecule has 21 heavy (non-hydrogen) atoms. The Morgan fingerprint density at radius 1 is 1.19 bits per heavy atom. The zero-order valence-electron chi connectivity index (χ0n) is 10.8. The van der Waals surface area contributed by atoms with Crippen LogP contribution in [-0.4, -0.2) is 10.1 Å². The molecule has 0 radical (unpaired) electrons. The van der Waals surface area contributed by atoms with E-state index in [-0.39, 0.29) is 5.56 Å². The van der Waals surface area contributed by atoms with Crippen molar-refractivity contribution >= 4 is 0 Å². The Morgan fingerprint density at radius 3 is 2.62 bits per heavy atom. The van der Waals surface area contributed by atoms with Crippen LogP contribution in [-0.2, 0) is 12.6 Å². The highest BCUT2D eigenvalue weighted by molar-refractivity contribution is 5.69. The van der Waals surface area contributed by atoms with Gasteiger partial charge in [0.15, 0.2) is 0 Å². The van der Waals surface area contributed by atoms with Gasteiger partial charge in [-0.15, -0.1) is 0 Å². The van der Waals surface area contributed by atoms with Crippen LogP contribution in [0.25, 0.3) is 11.1 Å². The molecule has 1 unspecified atom stereocenters. The average Bonchev–Trinajstić information content (AvgIpc) is 2.79. The second-order valence-corrected chi connectivity index (χ2v) is 5.01. The molecular weight excluding hydrogens is 286 g/mol. The van der Waals surface area contributed by atoms with Gasteiger partial charge in [-0.3, -0.25) is 4.98 Å². The SMILES string of the molecule is OC1CCc2cncc(-c3ccc(C(F)(F)F)c(F)c3)c21. The number of aromatic nitrogens is 1. The minimum Gasteiger partial charge on any atom is -0.388 e. The first-order valence-corrected chi connectivity index (χ1v) is 6.40. The second kappa shape index (κ2) is 4.80. The van der Waals surface area contributed by atoms with Crippen LogP contribution in [0.1, 0.15) is 29.2 Å². The molecule has 0 fully saturated rings. The van der Waals surface area contributed by atoms with Gasteiger partial charge in [0.1, 0.15) is 5.82 Å². The minimum atomic E-state index is -4.72. The van der Waals surface area contributed by atoms with Gasteiger partial charge in [0.25, 0.3) is 0 Å². The Morgan fingerprint density at radius 2 is 1.95 bits per heavy atom. The summed E-state index contributed by atoms with van der Waals surface area (Å²) in [6, 6.07) is 2.75. The van der Waals surface area contributed by atoms with Gasteiger partial charge < -0.3 is 5.11 Å². The van der Waals surface area contributed by atoms with Gasteiger partial charge in [-0.2, -0.15) is 13.2 Å². The first-order chi connectivity index (χ1) is 9.88. The number of pyridine rings is 1. The lowest BCUT2D eigenvalue weighted by Crippen LogP contribution is -2.08. The summed E-state index contributed by atoms with van der Waals surface area (Å²) in [5.41, 5.74) is 0.938. The number of hydrogen-bond acceptors (Lipinski definition) is 2. The fourth-order valence-corrected chi connectivity index (χ4v) is 2.69. The van der Waals surface area contributed by atoms with Crippen molar-refractivity contribution in [2.45, 2.75) is 25.1 Å². The van der Waals surface area contributed by atoms with E-state index in [2.05, 4.69) is 4.98 Å². The molecule has 1 aliphatic rings. The van der Waals surface area contributed by atoms with Crippen molar-refractivity contribution in [2.75, 3.05) is 0 Å². The highest BCUT2D eigenvalue weighted by Crippen LogP contribution is 2.39. The van der Waals surface area contributed by atoms with E-state index in [4.69, 9.17) is 0 Å². The summed E-state index contributed by atoms with van der Waals surface area (Å²) in [7, 11) is 0. The Hall–Kier alpha value is -1.95. The van der Waals surface area contributed by atoms with E-state index in [0.29, 0.717) is 30.0 Å². The van der Waals surface area contributed by atoms with Crippen molar-refractivity contribution in [1.29, 1.82) is 0 Å². The Balaban J connectivity index is 2.11. The van der Waals surface area contributed by atoms with Crippen molar-refractivity contribution in [2.24, 2.45) is 0 Å². The summed E-state index contributed by atoms with van der Waals surface area (Å²) in [6.45, 7) is 0. The molecule has 0 amide bonds. The topological polar surface area (TPSA) is 33.1 Å². The van der Waals surface area contributed by atoms with Crippen molar-refractivity contribution < 1.29 is 22.7 Å². The number of hydrogen-bond donors (Lipinski definition) is 1. The first kappa shape index (κ1) is 14.0. The van der Waals surface area contributed by atoms with Gasteiger partial charge in [0, 0.05) is 18.0 Å². The molecule has 0 spiro atoms. The number of nitrogens with zero attached hydrogens (tertiary/aromatic N) is 1. The van der Waals surface area contributed by atoms with Gasteiger partial charge in [-0.05, 0) is 41.7 Å². The lowest BCUT2D eigenvalue weighted by molar-refractivity contribution is -0.139. The van der Waals surface area contributed by atoms with Crippen LogP contribution in [0.5, 0.6) is 0 Å². The molecule has 1 aliphatic carbocycles. The largest absolute Gasteiger partial charge is 0.419 e. The third-order valence-corrected chi connectivity index (χ3v) is 3.68. The molecule has 1 heterocycles. The lowest BCUT2D eigenvalue weighted by atomic mass is 9.97. The summed E-state index contributed by atoms with van der Waals surface area (Å²) >= 11 is 0. The van der Waals surface area contributed by atoms with Gasteiger partial charge in [0.2, 0.25) is 0 Å². The Bertz CT molecular complexity index is 697. The van der Waals surface area contributed by atoms with Crippen LogP contribution in [0, 0.1) is 5.82 Å². The van der Waals surface area contributed by atoms with Crippen LogP contribution in [0.3, 0.4) is 0 Å². The Labute approximate surface area is 118 Å². The molecule has 1 N–H and O–H groups in total. The molecule has 2 nitrogen and oxygen atoms in total. The third kappa shape index (κ3) is 2.40. The Kier molecular flexibility index (Phi) is 3.20. The standard InChI is InChI=1S/C15H11F4NO/c16-12-5-8(1-3-11(12)15(17,18)19)10-7-20-6-9-2-4-13(21)14(9)10/h1,3,5-7,13,21H,2,4H2. The maximum Gasteiger partial charge on any atom is 0.419 e. The van der Waals surface area contributed by atoms with Crippen LogP contribution >= 0.6 is 0 Å². The lowest BCUT2D eigenvalue weighted by Gasteiger charge is -2.13. The van der Waals surface area contributed by atoms with Crippen LogP contribution < -0.4 is 0 Å². The van der Waals surface area contributed by atoms with E-state index in [9.17, 15) is 22.7 Å². The van der Waals surface area contributed by atoms with E-state index in [1.807, 2.05) is 0 Å². The number of halogens is 4. The number of aliphatic hydroxyl groups excluding tert-OH is 1. The van der Waals surface area contributed by atoms with Gasteiger partial charge in [0.05, 0.1) is 11.7 Å². The molecule has 0 saturated carbocycles. The summed E-state index contributed by atoms with van der Waals surface area (Å²) in [4.78, 5) is 4.01. The number of aliphatic hydroxyl groups is 1. The molecule has 1 aromatic heterocycles. The van der Waals surface area contributed by atoms with E-state index in [1.54, 1.807) is 6.20 Å². The third-order valence-electron chi connectivity index (χ3n) is 3.68. The minimum absolute atomic E-state index is 0.283. The molecule has 0 aliphatic heterocycles. The summed E-state index contributed by atoms with van der Waals surface area (Å²) in [5.74, 6) is -1.33. The fraction of sp³-hybridized carbons (Fsp3) is 0.267. The fourth-order valence-electron chi connectivity index (χ4n) is 2.69. The normalized spacial score (nSPS) is 17.9. The molecule has 6 heteroatoms. The van der Waals surface area contributed by atoms with E-state index >= 15 is 0 Å². The summed E-state index contributed by atoms with van der Waals surface area (Å²) < 4.78 is 51.4. The highest BCUT2D eigenvalue weighted by atomic mass is 19.4. The predicted molar refractivity (Wildman–Crippen MR) is 67.9 cm³/mol. The highest BCUT2D eigenvalue weighted by Gasteiger charge is 2.34. The zero-order chi connectivity index (χ0) is 15.2. The molecular formula is C15H11F4NO. The number of benzene rings is 1. The molecule has 0 bridgehead atoms. The quantitative estimate of drug-likeness (QED) is 0.810. The number of rotatable bonds is 1. The number of alkyl halides is 3. The number of aryl methyl sites for hydroxylation is 1. The van der Waals surface area contributed by atoms with Gasteiger partial charge in [-0.25, -0.2) is 4.39 Å². The maximum absolute atomic E-state index is 13.7. The van der Waals surface area contributed by atoms with Crippen molar-refractivity contribution in [3.05, 3.63) is 53.1 Å². The van der Waals surface area contributed by atoms with Gasteiger partial charge >= 0.3 is 6.18 Å². The van der Waals surface area contributed by atoms with E-state index in [0.717, 1.165) is 11.6 Å². The number of fused-ring (bicyclic) bond motifs is 1. The summed E-state index contributed by atoms with van der Waals surface area (Å²) in [6.07, 6.45) is -1.16. The molecule has 2 aromatic rings. The summed E-state index contributed by atoms with van der Waals surface area (Å²) in [5, 5.41) is 9.98. The molecule has 1 aromatic carbocycles. The predicted octanol–water partition coefficient (Wildman–Crippen LogP) is 3.89. The van der Waals surface area contributed by atoms with Crippen LogP contribution in [0.2, 0.25) is 0 Å². The van der Waals surface area contributed by atoms with Crippen molar-refractivity contribution in [3.63, 3.8) is 0 Å². The second-order valence-electron chi connectivity index (χ2n) is 5.01. The smallest absolute Gasteiger partial charge is 0.388 e. The monoisotopic (exact) mass is 297 g/mol. The average molecular weight is 297 g/mol. The maximum atomic E-state index is 13.7. The van der Waals surface area contributed by atoms with Crippen LogP contribution in [0.4, 0.5) is 17.6 Å². The molecule has 110 valence electrons. The van der Waals surface area contributed by atoms with Gasteiger partial charge in [-0.1, -0.05) is 6.07 Å².